The largest absolute Gasteiger partial charge is 0.251 e. The molecule has 0 aliphatic rings. The third-order valence-electron chi connectivity index (χ3n) is 1.91. The quantitative estimate of drug-likeness (QED) is 0.690. The molecule has 0 unspecified atom stereocenters. The predicted molar refractivity (Wildman–Crippen MR) is 64.2 cm³/mol. The van der Waals surface area contributed by atoms with E-state index >= 15 is 0 Å². The lowest BCUT2D eigenvalue weighted by Crippen LogP contribution is -1.86. The van der Waals surface area contributed by atoms with Crippen molar-refractivity contribution in [1.82, 2.24) is 4.98 Å². The maximum absolute atomic E-state index is 6.04. The first-order valence-corrected chi connectivity index (χ1v) is 5.55. The lowest BCUT2D eigenvalue weighted by atomic mass is 10.2. The summed E-state index contributed by atoms with van der Waals surface area (Å²) in [6.07, 6.45) is 0. The zero-order chi connectivity index (χ0) is 10.3. The Morgan fingerprint density at radius 3 is 2.64 bits per heavy atom. The molecule has 0 atom stereocenters. The van der Waals surface area contributed by atoms with E-state index in [-0.39, 0.29) is 0 Å². The number of aryl methyl sites for hydroxylation is 1. The normalized spacial score (nSPS) is 10.9. The van der Waals surface area contributed by atoms with E-state index in [1.54, 1.807) is 6.07 Å². The van der Waals surface area contributed by atoms with Gasteiger partial charge in [0.15, 0.2) is 0 Å². The van der Waals surface area contributed by atoms with Crippen LogP contribution in [0.15, 0.2) is 22.7 Å². The van der Waals surface area contributed by atoms with E-state index in [0.29, 0.717) is 10.0 Å². The summed E-state index contributed by atoms with van der Waals surface area (Å²) in [4.78, 5) is 4.36. The van der Waals surface area contributed by atoms with Gasteiger partial charge >= 0.3 is 0 Å². The molecule has 0 fully saturated rings. The summed E-state index contributed by atoms with van der Waals surface area (Å²) < 4.78 is 0.962. The molecule has 0 aliphatic carbocycles. The van der Waals surface area contributed by atoms with Gasteiger partial charge in [0.05, 0.1) is 10.5 Å². The number of benzene rings is 1. The molecule has 0 saturated carbocycles. The first-order chi connectivity index (χ1) is 6.58. The van der Waals surface area contributed by atoms with Crippen molar-refractivity contribution < 1.29 is 0 Å². The lowest BCUT2D eigenvalue weighted by Gasteiger charge is -2.04. The summed E-state index contributed by atoms with van der Waals surface area (Å²) in [7, 11) is 0. The van der Waals surface area contributed by atoms with Gasteiger partial charge in [-0.05, 0) is 25.1 Å². The Morgan fingerprint density at radius 2 is 1.93 bits per heavy atom. The molecule has 1 aromatic carbocycles. The Kier molecular flexibility index (Phi) is 2.69. The number of nitrogens with zero attached hydrogens (tertiary/aromatic N) is 1. The van der Waals surface area contributed by atoms with Crippen LogP contribution in [0.3, 0.4) is 0 Å². The van der Waals surface area contributed by atoms with Crippen molar-refractivity contribution >= 4 is 50.0 Å². The van der Waals surface area contributed by atoms with Crippen LogP contribution in [0.4, 0.5) is 0 Å². The van der Waals surface area contributed by atoms with Gasteiger partial charge in [0.25, 0.3) is 0 Å². The molecule has 2 rings (SSSR count). The molecule has 72 valence electrons. The SMILES string of the molecule is Cc1cc(Br)c2cc(Cl)cc(Cl)c2n1. The van der Waals surface area contributed by atoms with Crippen LogP contribution in [0, 0.1) is 6.92 Å². The minimum absolute atomic E-state index is 0.580. The van der Waals surface area contributed by atoms with Crippen molar-refractivity contribution in [2.24, 2.45) is 0 Å². The second-order valence-corrected chi connectivity index (χ2v) is 4.73. The van der Waals surface area contributed by atoms with Gasteiger partial charge in [0.2, 0.25) is 0 Å². The first kappa shape index (κ1) is 10.2. The highest BCUT2D eigenvalue weighted by Crippen LogP contribution is 2.31. The van der Waals surface area contributed by atoms with Crippen LogP contribution < -0.4 is 0 Å². The summed E-state index contributed by atoms with van der Waals surface area (Å²) in [5.41, 5.74) is 1.71. The standard InChI is InChI=1S/C10H6BrCl2N/c1-5-2-8(11)7-3-6(12)4-9(13)10(7)14-5/h2-4H,1H3. The third-order valence-corrected chi connectivity index (χ3v) is 3.07. The summed E-state index contributed by atoms with van der Waals surface area (Å²) in [6, 6.07) is 5.48. The predicted octanol–water partition coefficient (Wildman–Crippen LogP) is 4.61. The Hall–Kier alpha value is -0.310. The number of hydrogen-bond donors (Lipinski definition) is 0. The number of fused-ring (bicyclic) bond motifs is 1. The molecule has 1 nitrogen and oxygen atoms in total. The highest BCUT2D eigenvalue weighted by molar-refractivity contribution is 9.10. The monoisotopic (exact) mass is 289 g/mol. The molecule has 0 saturated heterocycles. The summed E-state index contributed by atoms with van der Waals surface area (Å²) in [5, 5.41) is 2.14. The van der Waals surface area contributed by atoms with Gasteiger partial charge in [-0.3, -0.25) is 4.98 Å². The number of aromatic nitrogens is 1. The van der Waals surface area contributed by atoms with Crippen LogP contribution in [-0.4, -0.2) is 4.98 Å². The van der Waals surface area contributed by atoms with Crippen molar-refractivity contribution in [3.63, 3.8) is 0 Å². The van der Waals surface area contributed by atoms with Gasteiger partial charge in [-0.25, -0.2) is 0 Å². The fraction of sp³-hybridized carbons (Fsp3) is 0.100. The minimum atomic E-state index is 0.580. The Morgan fingerprint density at radius 1 is 1.21 bits per heavy atom. The molecule has 4 heteroatoms. The summed E-state index contributed by atoms with van der Waals surface area (Å²) in [6.45, 7) is 1.93. The van der Waals surface area contributed by atoms with Crippen LogP contribution in [0.2, 0.25) is 10.0 Å². The van der Waals surface area contributed by atoms with Crippen LogP contribution >= 0.6 is 39.1 Å². The van der Waals surface area contributed by atoms with Gasteiger partial charge in [0.1, 0.15) is 0 Å². The number of halogens is 3. The smallest absolute Gasteiger partial charge is 0.0903 e. The van der Waals surface area contributed by atoms with Crippen molar-refractivity contribution in [2.75, 3.05) is 0 Å². The molecule has 0 N–H and O–H groups in total. The van der Waals surface area contributed by atoms with Gasteiger partial charge < -0.3 is 0 Å². The molecule has 0 aliphatic heterocycles. The second kappa shape index (κ2) is 3.69. The van der Waals surface area contributed by atoms with E-state index in [1.807, 2.05) is 19.1 Å². The summed E-state index contributed by atoms with van der Waals surface area (Å²) >= 11 is 15.4. The molecule has 14 heavy (non-hydrogen) atoms. The number of hydrogen-bond acceptors (Lipinski definition) is 1. The average Bonchev–Trinajstić information content (AvgIpc) is 2.07. The second-order valence-electron chi connectivity index (χ2n) is 3.03. The third kappa shape index (κ3) is 1.74. The highest BCUT2D eigenvalue weighted by atomic mass is 79.9. The molecular weight excluding hydrogens is 285 g/mol. The van der Waals surface area contributed by atoms with E-state index in [0.717, 1.165) is 21.1 Å². The van der Waals surface area contributed by atoms with Crippen LogP contribution in [0.5, 0.6) is 0 Å². The van der Waals surface area contributed by atoms with E-state index < -0.39 is 0 Å². The molecule has 0 spiro atoms. The van der Waals surface area contributed by atoms with Gasteiger partial charge in [-0.2, -0.15) is 0 Å². The van der Waals surface area contributed by atoms with Crippen molar-refractivity contribution in [3.05, 3.63) is 38.4 Å². The fourth-order valence-electron chi connectivity index (χ4n) is 1.33. The van der Waals surface area contributed by atoms with E-state index in [9.17, 15) is 0 Å². The minimum Gasteiger partial charge on any atom is -0.251 e. The fourth-order valence-corrected chi connectivity index (χ4v) is 2.50. The first-order valence-electron chi connectivity index (χ1n) is 4.00. The Balaban J connectivity index is 2.94. The molecule has 0 bridgehead atoms. The Labute approximate surface area is 100 Å². The Bertz CT molecular complexity index is 464. The van der Waals surface area contributed by atoms with Crippen LogP contribution in [0.1, 0.15) is 5.69 Å². The molecule has 0 amide bonds. The van der Waals surface area contributed by atoms with E-state index in [1.165, 1.54) is 0 Å². The zero-order valence-corrected chi connectivity index (χ0v) is 10.4. The maximum Gasteiger partial charge on any atom is 0.0903 e. The van der Waals surface area contributed by atoms with Gasteiger partial charge in [-0.1, -0.05) is 39.1 Å². The highest BCUT2D eigenvalue weighted by Gasteiger charge is 2.06. The van der Waals surface area contributed by atoms with E-state index in [4.69, 9.17) is 23.2 Å². The number of rotatable bonds is 0. The molecule has 1 heterocycles. The molecule has 1 aromatic heterocycles. The van der Waals surface area contributed by atoms with Crippen molar-refractivity contribution in [1.29, 1.82) is 0 Å². The van der Waals surface area contributed by atoms with Gasteiger partial charge in [0, 0.05) is 20.6 Å². The van der Waals surface area contributed by atoms with Crippen LogP contribution in [0.25, 0.3) is 10.9 Å². The summed E-state index contributed by atoms with van der Waals surface area (Å²) in [5.74, 6) is 0. The van der Waals surface area contributed by atoms with Gasteiger partial charge in [-0.15, -0.1) is 0 Å². The van der Waals surface area contributed by atoms with Crippen molar-refractivity contribution in [2.45, 2.75) is 6.92 Å². The van der Waals surface area contributed by atoms with Crippen LogP contribution in [-0.2, 0) is 0 Å². The van der Waals surface area contributed by atoms with Crippen molar-refractivity contribution in [3.8, 4) is 0 Å². The maximum atomic E-state index is 6.04. The molecule has 0 radical (unpaired) electrons. The topological polar surface area (TPSA) is 12.9 Å². The molecule has 2 aromatic rings. The average molecular weight is 291 g/mol. The zero-order valence-electron chi connectivity index (χ0n) is 7.31. The molecular formula is C10H6BrCl2N. The van der Waals surface area contributed by atoms with E-state index in [2.05, 4.69) is 20.9 Å². The number of pyridine rings is 1. The lowest BCUT2D eigenvalue weighted by molar-refractivity contribution is 1.25.